The normalized spacial score (nSPS) is 14.7. The second-order valence-electron chi connectivity index (χ2n) is 8.41. The summed E-state index contributed by atoms with van der Waals surface area (Å²) in [6.07, 6.45) is 1.53. The molecule has 33 heavy (non-hydrogen) atoms. The fraction of sp³-hybridized carbons (Fsp3) is 0.231. The van der Waals surface area contributed by atoms with Gasteiger partial charge >= 0.3 is 0 Å². The molecule has 0 radical (unpaired) electrons. The Balaban J connectivity index is 1.68. The molecule has 4 aromatic rings. The predicted molar refractivity (Wildman–Crippen MR) is 134 cm³/mol. The molecule has 5 nitrogen and oxygen atoms in total. The minimum atomic E-state index is -0.560. The molecule has 1 aliphatic rings. The van der Waals surface area contributed by atoms with Gasteiger partial charge in [0.15, 0.2) is 5.76 Å². The van der Waals surface area contributed by atoms with Gasteiger partial charge in [-0.1, -0.05) is 32.3 Å². The average Bonchev–Trinajstić information content (AvgIpc) is 3.47. The van der Waals surface area contributed by atoms with Gasteiger partial charge in [-0.05, 0) is 76.2 Å². The number of hydrogen-bond donors (Lipinski definition) is 0. The van der Waals surface area contributed by atoms with E-state index in [2.05, 4.69) is 26.8 Å². The van der Waals surface area contributed by atoms with Gasteiger partial charge in [0.1, 0.15) is 10.4 Å². The quantitative estimate of drug-likeness (QED) is 0.301. The molecular weight excluding hydrogens is 452 g/mol. The van der Waals surface area contributed by atoms with Crippen LogP contribution in [0.1, 0.15) is 41.8 Å². The number of aryl methyl sites for hydroxylation is 1. The third-order valence-electron chi connectivity index (χ3n) is 5.74. The lowest BCUT2D eigenvalue weighted by atomic mass is 9.86. The van der Waals surface area contributed by atoms with E-state index >= 15 is 0 Å². The second-order valence-corrected chi connectivity index (χ2v) is 10.5. The number of benzene rings is 2. The van der Waals surface area contributed by atoms with Crippen molar-refractivity contribution in [1.82, 2.24) is 0 Å². The molecule has 2 aromatic carbocycles. The molecule has 168 valence electrons. The van der Waals surface area contributed by atoms with E-state index in [4.69, 9.17) is 14.1 Å². The number of fused-ring (bicyclic) bond motifs is 3. The second kappa shape index (κ2) is 8.32. The Labute approximate surface area is 200 Å². The smallest absolute Gasteiger partial charge is 0.294 e. The maximum absolute atomic E-state index is 13.5. The standard InChI is InChI=1S/C26H24N2O3S2/c1-5-30-18-11-9-17(10-12-18)27-24-22-19-15-16(2)8-13-20(19)28(25(29)21-7-6-14-31-21)26(3,4)23(22)32-33-24/h6-15H,5H2,1-4H3. The summed E-state index contributed by atoms with van der Waals surface area (Å²) in [7, 11) is 3.32. The maximum Gasteiger partial charge on any atom is 0.294 e. The van der Waals surface area contributed by atoms with Crippen LogP contribution in [0.2, 0.25) is 0 Å². The van der Waals surface area contributed by atoms with E-state index in [-0.39, 0.29) is 5.91 Å². The van der Waals surface area contributed by atoms with Crippen molar-refractivity contribution in [2.24, 2.45) is 4.99 Å². The molecule has 0 spiro atoms. The summed E-state index contributed by atoms with van der Waals surface area (Å²) in [5.41, 5.74) is 4.44. The molecule has 0 fully saturated rings. The molecule has 0 bridgehead atoms. The largest absolute Gasteiger partial charge is 0.494 e. The highest BCUT2D eigenvalue weighted by Gasteiger charge is 2.44. The van der Waals surface area contributed by atoms with E-state index in [1.807, 2.05) is 48.2 Å². The maximum atomic E-state index is 13.5. The summed E-state index contributed by atoms with van der Waals surface area (Å²) in [6, 6.07) is 17.5. The van der Waals surface area contributed by atoms with Gasteiger partial charge in [-0.2, -0.15) is 0 Å². The van der Waals surface area contributed by atoms with Crippen LogP contribution in [0.25, 0.3) is 11.1 Å². The molecule has 1 amide bonds. The van der Waals surface area contributed by atoms with Gasteiger partial charge in [0.2, 0.25) is 0 Å². The predicted octanol–water partition coefficient (Wildman–Crippen LogP) is 6.90. The number of carbonyl (C=O) groups excluding carboxylic acids is 1. The molecule has 2 aromatic heterocycles. The highest BCUT2D eigenvalue weighted by Crippen LogP contribution is 2.50. The van der Waals surface area contributed by atoms with Gasteiger partial charge in [0.25, 0.3) is 5.91 Å². The monoisotopic (exact) mass is 476 g/mol. The Morgan fingerprint density at radius 3 is 2.61 bits per heavy atom. The molecule has 7 heteroatoms. The van der Waals surface area contributed by atoms with E-state index in [9.17, 15) is 4.79 Å². The lowest BCUT2D eigenvalue weighted by Crippen LogP contribution is -2.48. The number of rotatable bonds is 4. The van der Waals surface area contributed by atoms with Crippen LogP contribution in [0.15, 0.2) is 70.3 Å². The van der Waals surface area contributed by atoms with E-state index in [1.165, 1.54) is 6.26 Å². The molecule has 1 aliphatic heterocycles. The minimum Gasteiger partial charge on any atom is -0.494 e. The van der Waals surface area contributed by atoms with Crippen molar-refractivity contribution in [2.45, 2.75) is 33.2 Å². The Bertz CT molecular complexity index is 1380. The summed E-state index contributed by atoms with van der Waals surface area (Å²) in [5, 5.41) is 0. The van der Waals surface area contributed by atoms with Crippen LogP contribution in [0.3, 0.4) is 0 Å². The van der Waals surface area contributed by atoms with Crippen molar-refractivity contribution in [3.8, 4) is 16.9 Å². The van der Waals surface area contributed by atoms with Gasteiger partial charge in [-0.25, -0.2) is 4.99 Å². The van der Waals surface area contributed by atoms with Crippen molar-refractivity contribution in [3.05, 3.63) is 81.7 Å². The van der Waals surface area contributed by atoms with Crippen molar-refractivity contribution >= 4 is 38.0 Å². The lowest BCUT2D eigenvalue weighted by Gasteiger charge is -2.42. The first kappa shape index (κ1) is 21.7. The topological polar surface area (TPSA) is 55.0 Å². The third-order valence-corrected chi connectivity index (χ3v) is 8.37. The minimum absolute atomic E-state index is 0.149. The Hall–Kier alpha value is -3.16. The van der Waals surface area contributed by atoms with Gasteiger partial charge in [-0.15, -0.1) is 0 Å². The lowest BCUT2D eigenvalue weighted by molar-refractivity contribution is 0.0934. The first-order valence-corrected chi connectivity index (χ1v) is 13.0. The van der Waals surface area contributed by atoms with Crippen LogP contribution in [0.4, 0.5) is 11.4 Å². The van der Waals surface area contributed by atoms with Crippen LogP contribution in [0, 0.1) is 6.92 Å². The fourth-order valence-corrected chi connectivity index (χ4v) is 7.16. The number of anilines is 1. The van der Waals surface area contributed by atoms with Crippen molar-refractivity contribution in [3.63, 3.8) is 0 Å². The first-order valence-electron chi connectivity index (χ1n) is 10.8. The van der Waals surface area contributed by atoms with Crippen LogP contribution in [-0.4, -0.2) is 12.5 Å². The molecule has 5 rings (SSSR count). The van der Waals surface area contributed by atoms with E-state index in [1.54, 1.807) is 32.8 Å². The van der Waals surface area contributed by atoms with Crippen molar-refractivity contribution in [1.29, 1.82) is 0 Å². The summed E-state index contributed by atoms with van der Waals surface area (Å²) in [5.74, 6) is 1.02. The molecule has 0 saturated heterocycles. The number of hydrogen-bond acceptors (Lipinski definition) is 6. The number of nitrogens with zero attached hydrogens (tertiary/aromatic N) is 2. The zero-order chi connectivity index (χ0) is 23.2. The van der Waals surface area contributed by atoms with Gasteiger partial charge in [0, 0.05) is 11.1 Å². The molecule has 0 atom stereocenters. The SMILES string of the molecule is CCOc1ccc(N=c2ssc3c2-c2cc(C)ccc2N(C(=O)c2ccco2)C3(C)C)cc1. The summed E-state index contributed by atoms with van der Waals surface area (Å²) in [6.45, 7) is 8.84. The molecular formula is C26H24N2O3S2. The number of furan rings is 1. The zero-order valence-corrected chi connectivity index (χ0v) is 20.5. The summed E-state index contributed by atoms with van der Waals surface area (Å²) < 4.78 is 12.0. The van der Waals surface area contributed by atoms with Gasteiger partial charge in [0.05, 0.1) is 34.7 Å². The Morgan fingerprint density at radius 2 is 1.91 bits per heavy atom. The molecule has 3 heterocycles. The highest BCUT2D eigenvalue weighted by atomic mass is 32.9. The van der Waals surface area contributed by atoms with E-state index < -0.39 is 5.54 Å². The summed E-state index contributed by atoms with van der Waals surface area (Å²) in [4.78, 5) is 21.5. The van der Waals surface area contributed by atoms with Crippen molar-refractivity contribution in [2.75, 3.05) is 11.5 Å². The summed E-state index contributed by atoms with van der Waals surface area (Å²) >= 11 is 0. The van der Waals surface area contributed by atoms with E-state index in [0.29, 0.717) is 12.4 Å². The van der Waals surface area contributed by atoms with Crippen molar-refractivity contribution < 1.29 is 13.9 Å². The highest BCUT2D eigenvalue weighted by molar-refractivity contribution is 7.68. The molecule has 0 N–H and O–H groups in total. The van der Waals surface area contributed by atoms with Crippen LogP contribution < -0.4 is 14.3 Å². The average molecular weight is 477 g/mol. The number of ether oxygens (including phenoxy) is 1. The first-order chi connectivity index (χ1) is 15.9. The molecule has 0 saturated carbocycles. The number of amides is 1. The fourth-order valence-electron chi connectivity index (χ4n) is 4.20. The van der Waals surface area contributed by atoms with Gasteiger partial charge in [-0.3, -0.25) is 9.69 Å². The molecule has 0 unspecified atom stereocenters. The van der Waals surface area contributed by atoms with E-state index in [0.717, 1.165) is 43.4 Å². The third kappa shape index (κ3) is 3.71. The molecule has 0 aliphatic carbocycles. The van der Waals surface area contributed by atoms with Gasteiger partial charge < -0.3 is 9.15 Å². The van der Waals surface area contributed by atoms with Crippen LogP contribution in [0.5, 0.6) is 5.75 Å². The Kier molecular flexibility index (Phi) is 5.46. The number of carbonyl (C=O) groups is 1. The van der Waals surface area contributed by atoms with Crippen LogP contribution in [-0.2, 0) is 5.54 Å². The zero-order valence-electron chi connectivity index (χ0n) is 18.9. The van der Waals surface area contributed by atoms with Crippen LogP contribution >= 0.6 is 20.7 Å². The Morgan fingerprint density at radius 1 is 1.12 bits per heavy atom.